The van der Waals surface area contributed by atoms with Gasteiger partial charge in [-0.2, -0.15) is 0 Å². The second-order valence-electron chi connectivity index (χ2n) is 4.49. The Morgan fingerprint density at radius 1 is 1.27 bits per heavy atom. The van der Waals surface area contributed by atoms with E-state index in [4.69, 9.17) is 4.74 Å². The molecule has 0 aromatic rings. The second kappa shape index (κ2) is 5.47. The van der Waals surface area contributed by atoms with Gasteiger partial charge in [0.05, 0.1) is 6.10 Å². The van der Waals surface area contributed by atoms with Crippen molar-refractivity contribution in [2.24, 2.45) is 0 Å². The van der Waals surface area contributed by atoms with Crippen molar-refractivity contribution in [3.05, 3.63) is 0 Å². The van der Waals surface area contributed by atoms with Gasteiger partial charge in [0, 0.05) is 19.1 Å². The van der Waals surface area contributed by atoms with E-state index in [1.54, 1.807) is 0 Å². The summed E-state index contributed by atoms with van der Waals surface area (Å²) in [5.41, 5.74) is 0. The van der Waals surface area contributed by atoms with Gasteiger partial charge < -0.3 is 15.4 Å². The summed E-state index contributed by atoms with van der Waals surface area (Å²) >= 11 is 0. The molecule has 0 atom stereocenters. The van der Waals surface area contributed by atoms with Gasteiger partial charge in [0.25, 0.3) is 0 Å². The highest BCUT2D eigenvalue weighted by Crippen LogP contribution is 2.17. The van der Waals surface area contributed by atoms with Crippen LogP contribution in [0.5, 0.6) is 0 Å². The zero-order valence-electron chi connectivity index (χ0n) is 9.13. The number of carbonyl (C=O) groups excluding carboxylic acids is 1. The average Bonchev–Trinajstić information content (AvgIpc) is 2.17. The van der Waals surface area contributed by atoms with E-state index in [9.17, 15) is 4.79 Å². The molecule has 1 heterocycles. The van der Waals surface area contributed by atoms with E-state index < -0.39 is 0 Å². The number of rotatable bonds is 4. The topological polar surface area (TPSA) is 50.4 Å². The molecule has 2 aliphatic rings. The molecule has 4 heteroatoms. The van der Waals surface area contributed by atoms with E-state index >= 15 is 0 Å². The molecule has 0 radical (unpaired) electrons. The molecule has 1 saturated carbocycles. The Bertz CT molecular complexity index is 211. The van der Waals surface area contributed by atoms with Crippen LogP contribution in [0.3, 0.4) is 0 Å². The van der Waals surface area contributed by atoms with E-state index in [-0.39, 0.29) is 18.6 Å². The minimum atomic E-state index is 0.0498. The third kappa shape index (κ3) is 3.47. The maximum Gasteiger partial charge on any atom is 0.246 e. The molecule has 0 aromatic carbocycles. The fraction of sp³-hybridized carbons (Fsp3) is 0.909. The van der Waals surface area contributed by atoms with Crippen LogP contribution in [0.15, 0.2) is 0 Å². The summed E-state index contributed by atoms with van der Waals surface area (Å²) in [6.45, 7) is 2.00. The van der Waals surface area contributed by atoms with Crippen molar-refractivity contribution in [3.63, 3.8) is 0 Å². The first-order chi connectivity index (χ1) is 7.34. The third-order valence-electron chi connectivity index (χ3n) is 3.16. The molecular formula is C11H20N2O2. The Kier molecular flexibility index (Phi) is 3.97. The van der Waals surface area contributed by atoms with E-state index in [1.807, 2.05) is 0 Å². The molecule has 2 rings (SSSR count). The third-order valence-corrected chi connectivity index (χ3v) is 3.16. The first-order valence-electron chi connectivity index (χ1n) is 5.96. The van der Waals surface area contributed by atoms with Gasteiger partial charge in [-0.15, -0.1) is 0 Å². The van der Waals surface area contributed by atoms with E-state index in [1.165, 1.54) is 19.3 Å². The molecule has 0 bridgehead atoms. The molecule has 1 saturated heterocycles. The molecule has 0 spiro atoms. The van der Waals surface area contributed by atoms with Crippen molar-refractivity contribution in [2.45, 2.75) is 44.2 Å². The molecule has 4 nitrogen and oxygen atoms in total. The highest BCUT2D eigenvalue weighted by atomic mass is 16.5. The summed E-state index contributed by atoms with van der Waals surface area (Å²) in [7, 11) is 0. The molecule has 86 valence electrons. The SMILES string of the molecule is O=C(COC1CNC1)NC1CCCCC1. The lowest BCUT2D eigenvalue weighted by Crippen LogP contribution is -2.50. The van der Waals surface area contributed by atoms with E-state index in [2.05, 4.69) is 10.6 Å². The Balaban J connectivity index is 1.58. The van der Waals surface area contributed by atoms with Gasteiger partial charge >= 0.3 is 0 Å². The molecule has 1 amide bonds. The number of hydrogen-bond acceptors (Lipinski definition) is 3. The molecule has 2 fully saturated rings. The molecule has 0 aromatic heterocycles. The first-order valence-corrected chi connectivity index (χ1v) is 5.96. The first kappa shape index (κ1) is 10.9. The van der Waals surface area contributed by atoms with Crippen LogP contribution in [0.1, 0.15) is 32.1 Å². The monoisotopic (exact) mass is 212 g/mol. The van der Waals surface area contributed by atoms with Gasteiger partial charge in [0.1, 0.15) is 6.61 Å². The predicted octanol–water partition coefficient (Wildman–Crippen LogP) is 0.424. The summed E-state index contributed by atoms with van der Waals surface area (Å²) in [6, 6.07) is 0.398. The van der Waals surface area contributed by atoms with Crippen LogP contribution in [0.4, 0.5) is 0 Å². The number of carbonyl (C=O) groups is 1. The van der Waals surface area contributed by atoms with Crippen molar-refractivity contribution >= 4 is 5.91 Å². The number of amides is 1. The van der Waals surface area contributed by atoms with Crippen LogP contribution >= 0.6 is 0 Å². The fourth-order valence-corrected chi connectivity index (χ4v) is 2.09. The van der Waals surface area contributed by atoms with Gasteiger partial charge in [-0.3, -0.25) is 4.79 Å². The van der Waals surface area contributed by atoms with Crippen LogP contribution < -0.4 is 10.6 Å². The van der Waals surface area contributed by atoms with Crippen molar-refractivity contribution in [3.8, 4) is 0 Å². The molecule has 0 unspecified atom stereocenters. The highest BCUT2D eigenvalue weighted by Gasteiger charge is 2.20. The lowest BCUT2D eigenvalue weighted by atomic mass is 9.95. The summed E-state index contributed by atoms with van der Waals surface area (Å²) in [6.07, 6.45) is 6.34. The van der Waals surface area contributed by atoms with Crippen LogP contribution in [-0.2, 0) is 9.53 Å². The lowest BCUT2D eigenvalue weighted by molar-refractivity contribution is -0.129. The minimum Gasteiger partial charge on any atom is -0.366 e. The predicted molar refractivity (Wildman–Crippen MR) is 57.6 cm³/mol. The normalized spacial score (nSPS) is 23.5. The Hall–Kier alpha value is -0.610. The highest BCUT2D eigenvalue weighted by molar-refractivity contribution is 5.77. The lowest BCUT2D eigenvalue weighted by Gasteiger charge is -2.27. The summed E-state index contributed by atoms with van der Waals surface area (Å²) in [4.78, 5) is 11.5. The average molecular weight is 212 g/mol. The van der Waals surface area contributed by atoms with Crippen molar-refractivity contribution in [1.82, 2.24) is 10.6 Å². The van der Waals surface area contributed by atoms with E-state index in [0.717, 1.165) is 25.9 Å². The van der Waals surface area contributed by atoms with Crippen LogP contribution in [0, 0.1) is 0 Å². The fourth-order valence-electron chi connectivity index (χ4n) is 2.09. The minimum absolute atomic E-state index is 0.0498. The van der Waals surface area contributed by atoms with E-state index in [0.29, 0.717) is 6.04 Å². The second-order valence-corrected chi connectivity index (χ2v) is 4.49. The quantitative estimate of drug-likeness (QED) is 0.710. The standard InChI is InChI=1S/C11H20N2O2/c14-11(8-15-10-6-12-7-10)13-9-4-2-1-3-5-9/h9-10,12H,1-8H2,(H,13,14). The Morgan fingerprint density at radius 2 is 2.00 bits per heavy atom. The number of ether oxygens (including phenoxy) is 1. The zero-order valence-corrected chi connectivity index (χ0v) is 9.13. The van der Waals surface area contributed by atoms with Crippen molar-refractivity contribution in [1.29, 1.82) is 0 Å². The summed E-state index contributed by atoms with van der Waals surface area (Å²) in [5.74, 6) is 0.0498. The molecule has 2 N–H and O–H groups in total. The van der Waals surface area contributed by atoms with Crippen molar-refractivity contribution < 1.29 is 9.53 Å². The summed E-state index contributed by atoms with van der Waals surface area (Å²) < 4.78 is 5.41. The molecular weight excluding hydrogens is 192 g/mol. The van der Waals surface area contributed by atoms with Gasteiger partial charge in [0.2, 0.25) is 5.91 Å². The van der Waals surface area contributed by atoms with Crippen LogP contribution in [0.25, 0.3) is 0 Å². The van der Waals surface area contributed by atoms with Gasteiger partial charge in [-0.05, 0) is 12.8 Å². The number of nitrogens with one attached hydrogen (secondary N) is 2. The van der Waals surface area contributed by atoms with Gasteiger partial charge in [0.15, 0.2) is 0 Å². The maximum absolute atomic E-state index is 11.5. The van der Waals surface area contributed by atoms with Crippen LogP contribution in [0.2, 0.25) is 0 Å². The Morgan fingerprint density at radius 3 is 2.60 bits per heavy atom. The zero-order chi connectivity index (χ0) is 10.5. The summed E-state index contributed by atoms with van der Waals surface area (Å²) in [5, 5.41) is 6.15. The van der Waals surface area contributed by atoms with Gasteiger partial charge in [-0.1, -0.05) is 19.3 Å². The van der Waals surface area contributed by atoms with Crippen molar-refractivity contribution in [2.75, 3.05) is 19.7 Å². The smallest absolute Gasteiger partial charge is 0.246 e. The largest absolute Gasteiger partial charge is 0.366 e. The molecule has 15 heavy (non-hydrogen) atoms. The Labute approximate surface area is 90.8 Å². The van der Waals surface area contributed by atoms with Crippen LogP contribution in [-0.4, -0.2) is 37.7 Å². The molecule has 1 aliphatic heterocycles. The molecule has 1 aliphatic carbocycles. The maximum atomic E-state index is 11.5. The van der Waals surface area contributed by atoms with Gasteiger partial charge in [-0.25, -0.2) is 0 Å². The number of hydrogen-bond donors (Lipinski definition) is 2.